The Morgan fingerprint density at radius 1 is 0.905 bits per heavy atom. The van der Waals surface area contributed by atoms with Gasteiger partial charge in [-0.1, -0.05) is 37.5 Å². The molecule has 1 N–H and O–H groups in total. The van der Waals surface area contributed by atoms with Crippen molar-refractivity contribution >= 4 is 10.9 Å². The second kappa shape index (κ2) is 6.08. The minimum absolute atomic E-state index is 0.359. The first-order chi connectivity index (χ1) is 10.2. The Morgan fingerprint density at radius 3 is 2.38 bits per heavy atom. The maximum atomic E-state index is 13.5. The van der Waals surface area contributed by atoms with Crippen molar-refractivity contribution in [1.82, 2.24) is 4.98 Å². The average molecular weight is 285 g/mol. The van der Waals surface area contributed by atoms with Gasteiger partial charge in [0, 0.05) is 17.6 Å². The lowest BCUT2D eigenvalue weighted by molar-refractivity contribution is 0.588. The van der Waals surface area contributed by atoms with Crippen LogP contribution in [0.4, 0.5) is 8.78 Å². The molecule has 1 fully saturated rings. The number of hydrogen-bond donors (Lipinski definition) is 1. The lowest BCUT2D eigenvalue weighted by Crippen LogP contribution is -1.93. The first-order valence-electron chi connectivity index (χ1n) is 7.23. The van der Waals surface area contributed by atoms with Crippen LogP contribution < -0.4 is 0 Å². The molecule has 0 saturated heterocycles. The first kappa shape index (κ1) is 13.8. The molecule has 0 amide bonds. The summed E-state index contributed by atoms with van der Waals surface area (Å²) < 4.78 is 26.6. The Labute approximate surface area is 122 Å². The van der Waals surface area contributed by atoms with Crippen molar-refractivity contribution in [3.05, 3.63) is 71.4 Å². The fourth-order valence-corrected chi connectivity index (χ4v) is 2.11. The quantitative estimate of drug-likeness (QED) is 0.665. The summed E-state index contributed by atoms with van der Waals surface area (Å²) in [4.78, 5) is 3.20. The van der Waals surface area contributed by atoms with Gasteiger partial charge < -0.3 is 4.98 Å². The van der Waals surface area contributed by atoms with Gasteiger partial charge >= 0.3 is 0 Å². The zero-order chi connectivity index (χ0) is 14.7. The monoisotopic (exact) mass is 285 g/mol. The van der Waals surface area contributed by atoms with E-state index in [1.807, 2.05) is 30.3 Å². The molecule has 1 saturated carbocycles. The Balaban J connectivity index is 0.000000393. The third kappa shape index (κ3) is 3.69. The van der Waals surface area contributed by atoms with Crippen LogP contribution in [0.3, 0.4) is 0 Å². The van der Waals surface area contributed by atoms with E-state index in [1.165, 1.54) is 25.3 Å². The van der Waals surface area contributed by atoms with Crippen LogP contribution in [-0.2, 0) is 6.42 Å². The summed E-state index contributed by atoms with van der Waals surface area (Å²) in [6.07, 6.45) is 4.86. The summed E-state index contributed by atoms with van der Waals surface area (Å²) in [5, 5.41) is 1.07. The zero-order valence-corrected chi connectivity index (χ0v) is 11.7. The molecular weight excluding hydrogens is 268 g/mol. The average Bonchev–Trinajstić information content (AvgIpc) is 3.30. The molecule has 0 spiro atoms. The van der Waals surface area contributed by atoms with Crippen LogP contribution in [0.2, 0.25) is 0 Å². The van der Waals surface area contributed by atoms with Gasteiger partial charge in [-0.3, -0.25) is 0 Å². The van der Waals surface area contributed by atoms with E-state index < -0.39 is 5.82 Å². The number of rotatable bonds is 2. The number of hydrogen-bond acceptors (Lipinski definition) is 0. The highest BCUT2D eigenvalue weighted by atomic mass is 19.1. The highest BCUT2D eigenvalue weighted by Crippen LogP contribution is 2.19. The molecule has 1 aliphatic carbocycles. The van der Waals surface area contributed by atoms with Crippen molar-refractivity contribution in [3.63, 3.8) is 0 Å². The minimum Gasteiger partial charge on any atom is -0.358 e. The minimum atomic E-state index is -0.414. The SMILES string of the molecule is C1CC1.Fc1ccc(F)c(Cc2cc3ccccc3[nH]2)c1. The molecule has 0 unspecified atom stereocenters. The van der Waals surface area contributed by atoms with Crippen LogP contribution in [0.15, 0.2) is 48.5 Å². The number of para-hydroxylation sites is 1. The van der Waals surface area contributed by atoms with E-state index in [4.69, 9.17) is 0 Å². The topological polar surface area (TPSA) is 15.8 Å². The molecule has 1 nitrogen and oxygen atoms in total. The van der Waals surface area contributed by atoms with Crippen molar-refractivity contribution in [1.29, 1.82) is 0 Å². The van der Waals surface area contributed by atoms with Crippen LogP contribution in [0.25, 0.3) is 10.9 Å². The molecule has 0 bridgehead atoms. The molecule has 108 valence electrons. The van der Waals surface area contributed by atoms with E-state index in [2.05, 4.69) is 4.98 Å². The molecule has 2 aromatic carbocycles. The van der Waals surface area contributed by atoms with Crippen molar-refractivity contribution in [3.8, 4) is 0 Å². The van der Waals surface area contributed by atoms with Crippen LogP contribution in [-0.4, -0.2) is 4.98 Å². The third-order valence-corrected chi connectivity index (χ3v) is 3.33. The summed E-state index contributed by atoms with van der Waals surface area (Å²) in [6, 6.07) is 13.3. The van der Waals surface area contributed by atoms with Crippen LogP contribution in [0, 0.1) is 11.6 Å². The molecule has 1 aliphatic rings. The fraction of sp³-hybridized carbons (Fsp3) is 0.222. The standard InChI is InChI=1S/C15H11F2N.C3H6/c16-12-5-6-14(17)11(7-12)9-13-8-10-3-1-2-4-15(10)18-13;1-2-3-1/h1-8,18H,9H2;1-3H2. The number of aromatic amines is 1. The van der Waals surface area contributed by atoms with Gasteiger partial charge in [0.15, 0.2) is 0 Å². The Hall–Kier alpha value is -2.16. The largest absolute Gasteiger partial charge is 0.358 e. The maximum absolute atomic E-state index is 13.5. The van der Waals surface area contributed by atoms with Crippen molar-refractivity contribution in [2.75, 3.05) is 0 Å². The Bertz CT molecular complexity index is 708. The predicted molar refractivity (Wildman–Crippen MR) is 81.3 cm³/mol. The Morgan fingerprint density at radius 2 is 1.67 bits per heavy atom. The maximum Gasteiger partial charge on any atom is 0.126 e. The molecule has 0 aliphatic heterocycles. The summed E-state index contributed by atoms with van der Waals surface area (Å²) in [7, 11) is 0. The molecule has 4 rings (SSSR count). The number of halogens is 2. The number of fused-ring (bicyclic) bond motifs is 1. The van der Waals surface area contributed by atoms with Gasteiger partial charge in [-0.15, -0.1) is 0 Å². The van der Waals surface area contributed by atoms with Gasteiger partial charge in [0.05, 0.1) is 0 Å². The Kier molecular flexibility index (Phi) is 4.00. The van der Waals surface area contributed by atoms with E-state index in [-0.39, 0.29) is 5.82 Å². The summed E-state index contributed by atoms with van der Waals surface area (Å²) in [5.74, 6) is -0.794. The second-order valence-electron chi connectivity index (χ2n) is 5.35. The summed E-state index contributed by atoms with van der Waals surface area (Å²) in [5.41, 5.74) is 2.24. The number of nitrogens with one attached hydrogen (secondary N) is 1. The lowest BCUT2D eigenvalue weighted by Gasteiger charge is -2.01. The van der Waals surface area contributed by atoms with E-state index >= 15 is 0 Å². The van der Waals surface area contributed by atoms with Crippen LogP contribution in [0.1, 0.15) is 30.5 Å². The second-order valence-corrected chi connectivity index (χ2v) is 5.35. The third-order valence-electron chi connectivity index (χ3n) is 3.33. The lowest BCUT2D eigenvalue weighted by atomic mass is 10.1. The number of H-pyrrole nitrogens is 1. The first-order valence-corrected chi connectivity index (χ1v) is 7.23. The molecule has 1 heterocycles. The smallest absolute Gasteiger partial charge is 0.126 e. The van der Waals surface area contributed by atoms with Crippen molar-refractivity contribution < 1.29 is 8.78 Å². The van der Waals surface area contributed by atoms with Crippen molar-refractivity contribution in [2.45, 2.75) is 25.7 Å². The molecule has 3 aromatic rings. The van der Waals surface area contributed by atoms with Gasteiger partial charge in [0.2, 0.25) is 0 Å². The van der Waals surface area contributed by atoms with Gasteiger partial charge in [-0.05, 0) is 41.3 Å². The van der Waals surface area contributed by atoms with Gasteiger partial charge in [0.1, 0.15) is 11.6 Å². The molecule has 21 heavy (non-hydrogen) atoms. The fourth-order valence-electron chi connectivity index (χ4n) is 2.11. The normalized spacial score (nSPS) is 12.9. The molecule has 0 radical (unpaired) electrons. The highest BCUT2D eigenvalue weighted by Gasteiger charge is 2.07. The van der Waals surface area contributed by atoms with Gasteiger partial charge in [0.25, 0.3) is 0 Å². The van der Waals surface area contributed by atoms with E-state index in [0.717, 1.165) is 28.7 Å². The van der Waals surface area contributed by atoms with E-state index in [1.54, 1.807) is 0 Å². The molecule has 0 atom stereocenters. The summed E-state index contributed by atoms with van der Waals surface area (Å²) >= 11 is 0. The van der Waals surface area contributed by atoms with Crippen molar-refractivity contribution in [2.24, 2.45) is 0 Å². The van der Waals surface area contributed by atoms with Crippen LogP contribution >= 0.6 is 0 Å². The highest BCUT2D eigenvalue weighted by molar-refractivity contribution is 5.80. The molecule has 1 aromatic heterocycles. The molecule has 3 heteroatoms. The summed E-state index contributed by atoms with van der Waals surface area (Å²) in [6.45, 7) is 0. The molecular formula is C18H17F2N. The number of aromatic nitrogens is 1. The van der Waals surface area contributed by atoms with Crippen LogP contribution in [0.5, 0.6) is 0 Å². The van der Waals surface area contributed by atoms with E-state index in [0.29, 0.717) is 12.0 Å². The number of benzene rings is 2. The predicted octanol–water partition coefficient (Wildman–Crippen LogP) is 5.21. The zero-order valence-electron chi connectivity index (χ0n) is 11.7. The van der Waals surface area contributed by atoms with Gasteiger partial charge in [-0.25, -0.2) is 8.78 Å². The van der Waals surface area contributed by atoms with E-state index in [9.17, 15) is 8.78 Å². The van der Waals surface area contributed by atoms with Gasteiger partial charge in [-0.2, -0.15) is 0 Å².